The van der Waals surface area contributed by atoms with Gasteiger partial charge in [-0.2, -0.15) is 0 Å². The molecule has 5 heteroatoms. The number of aliphatic carboxylic acids is 1. The number of ether oxygens (including phenoxy) is 1. The molecule has 0 radical (unpaired) electrons. The van der Waals surface area contributed by atoms with Crippen LogP contribution in [0, 0.1) is 23.7 Å². The predicted molar refractivity (Wildman–Crippen MR) is 77.0 cm³/mol. The standard InChI is InChI=1S/C16H17NO4/c1-21-12-5-3-2-4-11(12)17-15(18)13-9-6-7-10(8-9)14(13)16(19)20/h2-7,9-10,13-14H,8H2,1H3,(H,17,18)(H,19,20)/t9-,10+,13-,14+/m0/s1. The van der Waals surface area contributed by atoms with Crippen LogP contribution in [0.1, 0.15) is 6.42 Å². The van der Waals surface area contributed by atoms with E-state index in [0.29, 0.717) is 11.4 Å². The molecular weight excluding hydrogens is 270 g/mol. The molecule has 21 heavy (non-hydrogen) atoms. The lowest BCUT2D eigenvalue weighted by Gasteiger charge is -2.24. The number of benzene rings is 1. The molecule has 1 amide bonds. The van der Waals surface area contributed by atoms with Gasteiger partial charge >= 0.3 is 5.97 Å². The first kappa shape index (κ1) is 13.7. The summed E-state index contributed by atoms with van der Waals surface area (Å²) >= 11 is 0. The number of nitrogens with one attached hydrogen (secondary N) is 1. The Morgan fingerprint density at radius 2 is 1.86 bits per heavy atom. The highest BCUT2D eigenvalue weighted by Gasteiger charge is 2.51. The van der Waals surface area contributed by atoms with Gasteiger partial charge in [-0.25, -0.2) is 0 Å². The zero-order valence-electron chi connectivity index (χ0n) is 11.7. The number of para-hydroxylation sites is 2. The molecule has 110 valence electrons. The molecular formula is C16H17NO4. The number of rotatable bonds is 4. The Hall–Kier alpha value is -2.30. The lowest BCUT2D eigenvalue weighted by atomic mass is 9.82. The number of allylic oxidation sites excluding steroid dienone is 2. The van der Waals surface area contributed by atoms with Crippen LogP contribution in [0.25, 0.3) is 0 Å². The Kier molecular flexibility index (Phi) is 3.41. The highest BCUT2D eigenvalue weighted by molar-refractivity contribution is 5.97. The third kappa shape index (κ3) is 2.28. The van der Waals surface area contributed by atoms with Crippen molar-refractivity contribution in [3.05, 3.63) is 36.4 Å². The number of carboxylic acids is 1. The summed E-state index contributed by atoms with van der Waals surface area (Å²) < 4.78 is 5.20. The van der Waals surface area contributed by atoms with Gasteiger partial charge in [-0.15, -0.1) is 0 Å². The molecule has 1 aromatic rings. The number of hydrogen-bond donors (Lipinski definition) is 2. The Morgan fingerprint density at radius 3 is 2.52 bits per heavy atom. The third-order valence-corrected chi connectivity index (χ3v) is 4.41. The molecule has 5 nitrogen and oxygen atoms in total. The normalized spacial score (nSPS) is 29.4. The maximum Gasteiger partial charge on any atom is 0.307 e. The van der Waals surface area contributed by atoms with Crippen molar-refractivity contribution in [2.24, 2.45) is 23.7 Å². The van der Waals surface area contributed by atoms with E-state index in [9.17, 15) is 14.7 Å². The molecule has 0 aromatic heterocycles. The molecule has 1 saturated carbocycles. The van der Waals surface area contributed by atoms with Gasteiger partial charge in [0.2, 0.25) is 5.91 Å². The Morgan fingerprint density at radius 1 is 1.19 bits per heavy atom. The molecule has 0 unspecified atom stereocenters. The fourth-order valence-corrected chi connectivity index (χ4v) is 3.48. The number of anilines is 1. The van der Waals surface area contributed by atoms with Gasteiger partial charge in [0.25, 0.3) is 0 Å². The minimum atomic E-state index is -0.896. The van der Waals surface area contributed by atoms with Crippen molar-refractivity contribution in [2.45, 2.75) is 6.42 Å². The zero-order chi connectivity index (χ0) is 15.0. The Labute approximate surface area is 122 Å². The molecule has 2 bridgehead atoms. The average Bonchev–Trinajstić information content (AvgIpc) is 3.08. The monoisotopic (exact) mass is 287 g/mol. The zero-order valence-corrected chi connectivity index (χ0v) is 11.7. The Bertz CT molecular complexity index is 610. The fourth-order valence-electron chi connectivity index (χ4n) is 3.48. The van der Waals surface area contributed by atoms with Gasteiger partial charge in [-0.3, -0.25) is 9.59 Å². The lowest BCUT2D eigenvalue weighted by Crippen LogP contribution is -2.36. The molecule has 0 heterocycles. The van der Waals surface area contributed by atoms with E-state index in [4.69, 9.17) is 4.74 Å². The van der Waals surface area contributed by atoms with Crippen LogP contribution in [0.4, 0.5) is 5.69 Å². The van der Waals surface area contributed by atoms with E-state index in [1.807, 2.05) is 18.2 Å². The molecule has 4 atom stereocenters. The summed E-state index contributed by atoms with van der Waals surface area (Å²) in [4.78, 5) is 24.0. The van der Waals surface area contributed by atoms with Crippen LogP contribution in [0.15, 0.2) is 36.4 Å². The molecule has 2 N–H and O–H groups in total. The molecule has 3 rings (SSSR count). The summed E-state index contributed by atoms with van der Waals surface area (Å²) in [7, 11) is 1.53. The van der Waals surface area contributed by atoms with Crippen LogP contribution in [0.3, 0.4) is 0 Å². The van der Waals surface area contributed by atoms with Crippen molar-refractivity contribution in [3.8, 4) is 5.75 Å². The van der Waals surface area contributed by atoms with Crippen molar-refractivity contribution in [1.29, 1.82) is 0 Å². The van der Waals surface area contributed by atoms with E-state index >= 15 is 0 Å². The molecule has 0 saturated heterocycles. The number of carbonyl (C=O) groups excluding carboxylic acids is 1. The molecule has 1 fully saturated rings. The highest BCUT2D eigenvalue weighted by atomic mass is 16.5. The third-order valence-electron chi connectivity index (χ3n) is 4.41. The number of methoxy groups -OCH3 is 1. The van der Waals surface area contributed by atoms with E-state index in [2.05, 4.69) is 5.32 Å². The maximum absolute atomic E-state index is 12.5. The van der Waals surface area contributed by atoms with Crippen LogP contribution in [-0.2, 0) is 9.59 Å². The molecule has 0 aliphatic heterocycles. The fraction of sp³-hybridized carbons (Fsp3) is 0.375. The van der Waals surface area contributed by atoms with Gasteiger partial charge in [0, 0.05) is 0 Å². The highest BCUT2D eigenvalue weighted by Crippen LogP contribution is 2.48. The summed E-state index contributed by atoms with van der Waals surface area (Å²) in [5.74, 6) is -1.73. The van der Waals surface area contributed by atoms with Gasteiger partial charge in [0.15, 0.2) is 0 Å². The van der Waals surface area contributed by atoms with E-state index in [1.54, 1.807) is 18.2 Å². The van der Waals surface area contributed by atoms with Gasteiger partial charge in [-0.05, 0) is 30.4 Å². The maximum atomic E-state index is 12.5. The number of hydrogen-bond acceptors (Lipinski definition) is 3. The number of carboxylic acid groups (broad SMARTS) is 1. The van der Waals surface area contributed by atoms with Gasteiger partial charge in [0.05, 0.1) is 24.6 Å². The molecule has 1 aromatic carbocycles. The smallest absolute Gasteiger partial charge is 0.307 e. The van der Waals surface area contributed by atoms with E-state index in [0.717, 1.165) is 6.42 Å². The largest absolute Gasteiger partial charge is 0.495 e. The van der Waals surface area contributed by atoms with Crippen LogP contribution in [0.2, 0.25) is 0 Å². The summed E-state index contributed by atoms with van der Waals surface area (Å²) in [6.45, 7) is 0. The Balaban J connectivity index is 1.82. The second-order valence-electron chi connectivity index (χ2n) is 5.53. The lowest BCUT2D eigenvalue weighted by molar-refractivity contribution is -0.146. The molecule has 2 aliphatic carbocycles. The predicted octanol–water partition coefficient (Wildman–Crippen LogP) is 2.16. The van der Waals surface area contributed by atoms with Gasteiger partial charge in [-0.1, -0.05) is 24.3 Å². The average molecular weight is 287 g/mol. The van der Waals surface area contributed by atoms with Crippen LogP contribution in [-0.4, -0.2) is 24.1 Å². The molecule has 2 aliphatic rings. The van der Waals surface area contributed by atoms with E-state index < -0.39 is 17.8 Å². The van der Waals surface area contributed by atoms with Gasteiger partial charge < -0.3 is 15.2 Å². The van der Waals surface area contributed by atoms with Crippen LogP contribution in [0.5, 0.6) is 5.75 Å². The van der Waals surface area contributed by atoms with Crippen LogP contribution >= 0.6 is 0 Å². The summed E-state index contributed by atoms with van der Waals surface area (Å²) in [6.07, 6.45) is 4.65. The first-order valence-corrected chi connectivity index (χ1v) is 6.97. The van der Waals surface area contributed by atoms with Crippen molar-refractivity contribution in [2.75, 3.05) is 12.4 Å². The van der Waals surface area contributed by atoms with Crippen molar-refractivity contribution in [1.82, 2.24) is 0 Å². The number of amides is 1. The van der Waals surface area contributed by atoms with Crippen LogP contribution < -0.4 is 10.1 Å². The quantitative estimate of drug-likeness (QED) is 0.832. The van der Waals surface area contributed by atoms with Gasteiger partial charge in [0.1, 0.15) is 5.75 Å². The topological polar surface area (TPSA) is 75.6 Å². The first-order chi connectivity index (χ1) is 10.1. The van der Waals surface area contributed by atoms with Crippen molar-refractivity contribution in [3.63, 3.8) is 0 Å². The number of fused-ring (bicyclic) bond motifs is 2. The van der Waals surface area contributed by atoms with E-state index in [1.165, 1.54) is 7.11 Å². The minimum absolute atomic E-state index is 0.0193. The van der Waals surface area contributed by atoms with E-state index in [-0.39, 0.29) is 17.7 Å². The number of carbonyl (C=O) groups is 2. The van der Waals surface area contributed by atoms with Crippen molar-refractivity contribution < 1.29 is 19.4 Å². The second kappa shape index (κ2) is 5.24. The second-order valence-corrected chi connectivity index (χ2v) is 5.53. The summed E-state index contributed by atoms with van der Waals surface area (Å²) in [5, 5.41) is 12.2. The van der Waals surface area contributed by atoms with Crippen molar-refractivity contribution >= 4 is 17.6 Å². The molecule has 0 spiro atoms. The minimum Gasteiger partial charge on any atom is -0.495 e. The first-order valence-electron chi connectivity index (χ1n) is 6.97. The SMILES string of the molecule is COc1ccccc1NC(=O)[C@@H]1[C@H](C(=O)O)[C@@H]2C=C[C@H]1C2. The summed E-state index contributed by atoms with van der Waals surface area (Å²) in [6, 6.07) is 7.11. The summed E-state index contributed by atoms with van der Waals surface area (Å²) in [5.41, 5.74) is 0.570.